The number of hydrogen-bond donors (Lipinski definition) is 0. The van der Waals surface area contributed by atoms with Gasteiger partial charge in [0, 0.05) is 12.5 Å². The normalized spacial score (nSPS) is 12.1. The Labute approximate surface area is 132 Å². The van der Waals surface area contributed by atoms with Gasteiger partial charge in [-0.1, -0.05) is 42.0 Å². The van der Waals surface area contributed by atoms with Gasteiger partial charge >= 0.3 is 11.6 Å². The quantitative estimate of drug-likeness (QED) is 0.695. The highest BCUT2D eigenvalue weighted by Gasteiger charge is 2.23. The number of fused-ring (bicyclic) bond motifs is 1. The van der Waals surface area contributed by atoms with Gasteiger partial charge in [-0.2, -0.15) is 0 Å². The minimum atomic E-state index is -0.855. The van der Waals surface area contributed by atoms with Crippen molar-refractivity contribution in [3.63, 3.8) is 0 Å². The van der Waals surface area contributed by atoms with E-state index in [-0.39, 0.29) is 5.89 Å². The molecule has 0 aliphatic heterocycles. The lowest BCUT2D eigenvalue weighted by atomic mass is 10.1. The van der Waals surface area contributed by atoms with Crippen molar-refractivity contribution in [1.82, 2.24) is 4.98 Å². The zero-order valence-electron chi connectivity index (χ0n) is 12.8. The molecule has 0 amide bonds. The molecule has 1 atom stereocenters. The van der Waals surface area contributed by atoms with Crippen molar-refractivity contribution in [2.45, 2.75) is 20.0 Å². The molecule has 0 fully saturated rings. The number of esters is 1. The number of nitrogens with zero attached hydrogens (tertiary/aromatic N) is 1. The molecule has 3 aromatic rings. The largest absolute Gasteiger partial charge is 0.448 e. The molecule has 0 bridgehead atoms. The number of aryl methyl sites for hydroxylation is 1. The number of carbonyl (C=O) groups is 1. The molecule has 0 N–H and O–H groups in total. The summed E-state index contributed by atoms with van der Waals surface area (Å²) >= 11 is 0. The first-order valence-corrected chi connectivity index (χ1v) is 7.18. The van der Waals surface area contributed by atoms with E-state index in [2.05, 4.69) is 4.98 Å². The molecular formula is C18H15NO4. The van der Waals surface area contributed by atoms with Gasteiger partial charge < -0.3 is 9.15 Å². The maximum atomic E-state index is 12.2. The summed E-state index contributed by atoms with van der Waals surface area (Å²) in [5.41, 5.74) is 1.64. The zero-order chi connectivity index (χ0) is 16.4. The Morgan fingerprint density at radius 1 is 1.17 bits per heavy atom. The predicted octanol–water partition coefficient (Wildman–Crippen LogP) is 3.15. The fourth-order valence-corrected chi connectivity index (χ4v) is 2.37. The highest BCUT2D eigenvalue weighted by molar-refractivity contribution is 5.77. The van der Waals surface area contributed by atoms with Crippen molar-refractivity contribution in [2.24, 2.45) is 0 Å². The van der Waals surface area contributed by atoms with Crippen LogP contribution >= 0.6 is 0 Å². The van der Waals surface area contributed by atoms with Crippen molar-refractivity contribution in [2.75, 3.05) is 0 Å². The minimum Gasteiger partial charge on any atom is -0.448 e. The molecule has 0 saturated heterocycles. The first-order chi connectivity index (χ1) is 11.0. The first-order valence-electron chi connectivity index (χ1n) is 7.18. The van der Waals surface area contributed by atoms with E-state index >= 15 is 0 Å². The Morgan fingerprint density at radius 3 is 2.61 bits per heavy atom. The van der Waals surface area contributed by atoms with Crippen LogP contribution in [0, 0.1) is 6.92 Å². The van der Waals surface area contributed by atoms with Crippen LogP contribution in [0.25, 0.3) is 10.9 Å². The van der Waals surface area contributed by atoms with Crippen LogP contribution < -0.4 is 5.63 Å². The summed E-state index contributed by atoms with van der Waals surface area (Å²) in [5.74, 6) is -0.417. The molecule has 0 saturated carbocycles. The number of rotatable bonds is 3. The molecule has 23 heavy (non-hydrogen) atoms. The summed E-state index contributed by atoms with van der Waals surface area (Å²) < 4.78 is 10.6. The Kier molecular flexibility index (Phi) is 3.93. The molecule has 0 aliphatic carbocycles. The lowest BCUT2D eigenvalue weighted by Gasteiger charge is -2.15. The Hall–Kier alpha value is -2.95. The molecule has 0 radical (unpaired) electrons. The first kappa shape index (κ1) is 15.0. The second-order valence-electron chi connectivity index (χ2n) is 5.26. The summed E-state index contributed by atoms with van der Waals surface area (Å²) in [6.07, 6.45) is -0.855. The van der Waals surface area contributed by atoms with Crippen LogP contribution in [0.5, 0.6) is 0 Å². The summed E-state index contributed by atoms with van der Waals surface area (Å²) in [7, 11) is 0. The summed E-state index contributed by atoms with van der Waals surface area (Å²) in [4.78, 5) is 28.0. The van der Waals surface area contributed by atoms with E-state index in [1.54, 1.807) is 24.3 Å². The van der Waals surface area contributed by atoms with Gasteiger partial charge in [-0.25, -0.2) is 9.78 Å². The highest BCUT2D eigenvalue weighted by Crippen LogP contribution is 2.25. The van der Waals surface area contributed by atoms with Gasteiger partial charge in [-0.05, 0) is 19.1 Å². The number of aromatic nitrogens is 1. The zero-order valence-corrected chi connectivity index (χ0v) is 12.8. The van der Waals surface area contributed by atoms with E-state index in [4.69, 9.17) is 9.15 Å². The molecule has 1 heterocycles. The van der Waals surface area contributed by atoms with Crippen LogP contribution in [-0.2, 0) is 9.53 Å². The van der Waals surface area contributed by atoms with Gasteiger partial charge in [0.05, 0.1) is 10.9 Å². The third kappa shape index (κ3) is 3.13. The van der Waals surface area contributed by atoms with Crippen LogP contribution in [0.15, 0.2) is 57.7 Å². The lowest BCUT2D eigenvalue weighted by molar-refractivity contribution is -0.145. The standard InChI is InChI=1S/C18H15NO4/c1-11-8-9-15-14(10-11)18(21)23-17(19-15)16(22-12(2)20)13-6-4-3-5-7-13/h3-10,16H,1-2H3. The Bertz CT molecular complexity index is 915. The molecule has 1 aromatic heterocycles. The van der Waals surface area contributed by atoms with Gasteiger partial charge in [0.25, 0.3) is 0 Å². The van der Waals surface area contributed by atoms with Crippen molar-refractivity contribution in [1.29, 1.82) is 0 Å². The van der Waals surface area contributed by atoms with E-state index in [0.717, 1.165) is 5.56 Å². The van der Waals surface area contributed by atoms with Crippen molar-refractivity contribution in [3.8, 4) is 0 Å². The van der Waals surface area contributed by atoms with Gasteiger partial charge in [-0.3, -0.25) is 4.79 Å². The molecule has 5 heteroatoms. The molecule has 1 unspecified atom stereocenters. The number of carbonyl (C=O) groups excluding carboxylic acids is 1. The Balaban J connectivity index is 2.16. The van der Waals surface area contributed by atoms with Gasteiger partial charge in [0.1, 0.15) is 0 Å². The van der Waals surface area contributed by atoms with Crippen molar-refractivity contribution >= 4 is 16.9 Å². The van der Waals surface area contributed by atoms with E-state index in [1.807, 2.05) is 31.2 Å². The molecular weight excluding hydrogens is 294 g/mol. The topological polar surface area (TPSA) is 69.4 Å². The summed E-state index contributed by atoms with van der Waals surface area (Å²) in [6.45, 7) is 3.19. The van der Waals surface area contributed by atoms with E-state index in [0.29, 0.717) is 16.5 Å². The van der Waals surface area contributed by atoms with Crippen molar-refractivity contribution in [3.05, 3.63) is 76.0 Å². The third-order valence-electron chi connectivity index (χ3n) is 3.41. The second-order valence-corrected chi connectivity index (χ2v) is 5.26. The fraction of sp³-hybridized carbons (Fsp3) is 0.167. The van der Waals surface area contributed by atoms with E-state index in [1.165, 1.54) is 6.92 Å². The number of hydrogen-bond acceptors (Lipinski definition) is 5. The summed E-state index contributed by atoms with van der Waals surface area (Å²) in [6, 6.07) is 14.4. The predicted molar refractivity (Wildman–Crippen MR) is 85.1 cm³/mol. The highest BCUT2D eigenvalue weighted by atomic mass is 16.6. The van der Waals surface area contributed by atoms with Crippen LogP contribution in [0.4, 0.5) is 0 Å². The van der Waals surface area contributed by atoms with Crippen LogP contribution in [0.3, 0.4) is 0 Å². The molecule has 2 aromatic carbocycles. The lowest BCUT2D eigenvalue weighted by Crippen LogP contribution is -2.15. The van der Waals surface area contributed by atoms with Crippen LogP contribution in [0.1, 0.15) is 30.0 Å². The average Bonchev–Trinajstić information content (AvgIpc) is 2.54. The number of ether oxygens (including phenoxy) is 1. The van der Waals surface area contributed by atoms with Gasteiger partial charge in [0.2, 0.25) is 12.0 Å². The third-order valence-corrected chi connectivity index (χ3v) is 3.41. The molecule has 0 spiro atoms. The fourth-order valence-electron chi connectivity index (χ4n) is 2.37. The second kappa shape index (κ2) is 6.04. The van der Waals surface area contributed by atoms with E-state index in [9.17, 15) is 9.59 Å². The van der Waals surface area contributed by atoms with Gasteiger partial charge in [-0.15, -0.1) is 0 Å². The number of benzene rings is 2. The van der Waals surface area contributed by atoms with E-state index < -0.39 is 17.7 Å². The van der Waals surface area contributed by atoms with Crippen LogP contribution in [0.2, 0.25) is 0 Å². The van der Waals surface area contributed by atoms with Crippen LogP contribution in [-0.4, -0.2) is 11.0 Å². The molecule has 116 valence electrons. The Morgan fingerprint density at radius 2 is 1.91 bits per heavy atom. The SMILES string of the molecule is CC(=O)OC(c1ccccc1)c1nc2ccc(C)cc2c(=O)o1. The van der Waals surface area contributed by atoms with Gasteiger partial charge in [0.15, 0.2) is 0 Å². The molecule has 0 aliphatic rings. The summed E-state index contributed by atoms with van der Waals surface area (Å²) in [5, 5.41) is 0.406. The monoisotopic (exact) mass is 309 g/mol. The maximum absolute atomic E-state index is 12.2. The smallest absolute Gasteiger partial charge is 0.346 e. The minimum absolute atomic E-state index is 0.0627. The maximum Gasteiger partial charge on any atom is 0.346 e. The molecule has 3 rings (SSSR count). The average molecular weight is 309 g/mol. The van der Waals surface area contributed by atoms with Crippen molar-refractivity contribution < 1.29 is 13.9 Å². The molecule has 5 nitrogen and oxygen atoms in total.